The molecule has 0 spiro atoms. The van der Waals surface area contributed by atoms with Crippen LogP contribution in [0.2, 0.25) is 0 Å². The smallest absolute Gasteiger partial charge is 0.223 e. The topological polar surface area (TPSA) is 64.9 Å². The average Bonchev–Trinajstić information content (AvgIpc) is 2.85. The second-order valence-corrected chi connectivity index (χ2v) is 4.93. The molecule has 0 fully saturated rings. The van der Waals surface area contributed by atoms with E-state index in [0.29, 0.717) is 5.95 Å². The summed E-state index contributed by atoms with van der Waals surface area (Å²) in [5, 5.41) is 7.72. The lowest BCUT2D eigenvalue weighted by Gasteiger charge is -2.05. The van der Waals surface area contributed by atoms with Gasteiger partial charge >= 0.3 is 0 Å². The predicted molar refractivity (Wildman–Crippen MR) is 83.3 cm³/mol. The van der Waals surface area contributed by atoms with Crippen molar-refractivity contribution in [3.05, 3.63) is 24.2 Å². The summed E-state index contributed by atoms with van der Waals surface area (Å²) in [5.74, 6) is 0.645. The van der Waals surface area contributed by atoms with Gasteiger partial charge in [0.05, 0.1) is 11.4 Å². The molecule has 0 aromatic carbocycles. The van der Waals surface area contributed by atoms with Gasteiger partial charge in [0.1, 0.15) is 0 Å². The minimum absolute atomic E-state index is 0.645. The molecule has 0 unspecified atom stereocenters. The van der Waals surface area contributed by atoms with Crippen LogP contribution in [0, 0.1) is 6.92 Å². The van der Waals surface area contributed by atoms with Gasteiger partial charge in [-0.2, -0.15) is 5.10 Å². The molecule has 2 aromatic heterocycles. The Labute approximate surface area is 125 Å². The van der Waals surface area contributed by atoms with Gasteiger partial charge in [-0.25, -0.2) is 9.97 Å². The van der Waals surface area contributed by atoms with E-state index in [9.17, 15) is 0 Å². The molecule has 0 saturated carbocycles. The molecule has 0 radical (unpaired) electrons. The fraction of sp³-hybridized carbons (Fsp3) is 0.533. The van der Waals surface area contributed by atoms with E-state index >= 15 is 0 Å². The highest BCUT2D eigenvalue weighted by molar-refractivity contribution is 5.61. The van der Waals surface area contributed by atoms with Crippen LogP contribution in [0.1, 0.15) is 25.5 Å². The molecule has 1 N–H and O–H groups in total. The van der Waals surface area contributed by atoms with Crippen molar-refractivity contribution < 1.29 is 4.74 Å². The lowest BCUT2D eigenvalue weighted by molar-refractivity contribution is 0.197. The fourth-order valence-corrected chi connectivity index (χ4v) is 2.12. The molecular formula is C15H23N5O. The first-order valence-electron chi connectivity index (χ1n) is 7.35. The van der Waals surface area contributed by atoms with Gasteiger partial charge in [0.2, 0.25) is 5.95 Å². The number of anilines is 1. The highest BCUT2D eigenvalue weighted by atomic mass is 16.5. The van der Waals surface area contributed by atoms with Crippen molar-refractivity contribution in [1.29, 1.82) is 0 Å². The van der Waals surface area contributed by atoms with Crippen LogP contribution in [-0.4, -0.2) is 40.0 Å². The summed E-state index contributed by atoms with van der Waals surface area (Å²) in [4.78, 5) is 8.80. The van der Waals surface area contributed by atoms with Crippen molar-refractivity contribution in [3.8, 4) is 11.3 Å². The Morgan fingerprint density at radius 3 is 3.00 bits per heavy atom. The second-order valence-electron chi connectivity index (χ2n) is 4.93. The molecule has 0 saturated heterocycles. The monoisotopic (exact) mass is 289 g/mol. The van der Waals surface area contributed by atoms with Crippen molar-refractivity contribution in [2.24, 2.45) is 0 Å². The van der Waals surface area contributed by atoms with Gasteiger partial charge in [0.15, 0.2) is 0 Å². The summed E-state index contributed by atoms with van der Waals surface area (Å²) in [6, 6.07) is 1.92. The number of hydrogen-bond acceptors (Lipinski definition) is 5. The zero-order valence-corrected chi connectivity index (χ0v) is 13.0. The van der Waals surface area contributed by atoms with Crippen LogP contribution < -0.4 is 5.32 Å². The van der Waals surface area contributed by atoms with Crippen LogP contribution in [0.4, 0.5) is 5.95 Å². The summed E-state index contributed by atoms with van der Waals surface area (Å²) in [7, 11) is 1.70. The van der Waals surface area contributed by atoms with Crippen molar-refractivity contribution >= 4 is 5.95 Å². The summed E-state index contributed by atoms with van der Waals surface area (Å²) >= 11 is 0. The number of aromatic nitrogens is 4. The molecule has 0 bridgehead atoms. The third-order valence-electron chi connectivity index (χ3n) is 3.14. The maximum atomic E-state index is 5.02. The van der Waals surface area contributed by atoms with Crippen LogP contribution >= 0.6 is 0 Å². The molecule has 0 amide bonds. The van der Waals surface area contributed by atoms with Gasteiger partial charge in [0.25, 0.3) is 0 Å². The lowest BCUT2D eigenvalue weighted by atomic mass is 10.2. The van der Waals surface area contributed by atoms with Crippen LogP contribution in [-0.2, 0) is 11.3 Å². The lowest BCUT2D eigenvalue weighted by Crippen LogP contribution is -2.07. The number of rotatable bonds is 8. The number of aryl methyl sites for hydroxylation is 2. The Morgan fingerprint density at radius 1 is 1.38 bits per heavy atom. The zero-order chi connectivity index (χ0) is 15.1. The predicted octanol–water partition coefficient (Wildman–Crippen LogP) is 2.51. The Morgan fingerprint density at radius 2 is 2.24 bits per heavy atom. The van der Waals surface area contributed by atoms with Crippen LogP contribution in [0.3, 0.4) is 0 Å². The Hall–Kier alpha value is -1.95. The molecule has 21 heavy (non-hydrogen) atoms. The van der Waals surface area contributed by atoms with E-state index in [2.05, 4.69) is 33.5 Å². The molecule has 2 aromatic rings. The number of nitrogens with zero attached hydrogens (tertiary/aromatic N) is 4. The van der Waals surface area contributed by atoms with E-state index in [1.807, 2.05) is 17.7 Å². The van der Waals surface area contributed by atoms with E-state index in [1.54, 1.807) is 13.3 Å². The fourth-order valence-electron chi connectivity index (χ4n) is 2.12. The minimum atomic E-state index is 0.645. The standard InChI is InChI=1S/C15H23N5O/c1-4-9-20-11-13(12(2)19-20)14-6-8-17-15(18-14)16-7-5-10-21-3/h6,8,11H,4-5,7,9-10H2,1-3H3,(H,16,17,18). The third kappa shape index (κ3) is 4.26. The first-order chi connectivity index (χ1) is 10.2. The summed E-state index contributed by atoms with van der Waals surface area (Å²) < 4.78 is 6.99. The largest absolute Gasteiger partial charge is 0.385 e. The summed E-state index contributed by atoms with van der Waals surface area (Å²) in [6.07, 6.45) is 5.82. The van der Waals surface area contributed by atoms with Crippen LogP contribution in [0.15, 0.2) is 18.5 Å². The maximum absolute atomic E-state index is 5.02. The molecule has 114 valence electrons. The van der Waals surface area contributed by atoms with Gasteiger partial charge in [-0.3, -0.25) is 4.68 Å². The number of hydrogen-bond donors (Lipinski definition) is 1. The Bertz CT molecular complexity index is 567. The van der Waals surface area contributed by atoms with Crippen molar-refractivity contribution in [2.75, 3.05) is 25.6 Å². The summed E-state index contributed by atoms with van der Waals surface area (Å²) in [5.41, 5.74) is 2.96. The summed E-state index contributed by atoms with van der Waals surface area (Å²) in [6.45, 7) is 6.60. The molecule has 0 aliphatic heterocycles. The highest BCUT2D eigenvalue weighted by Gasteiger charge is 2.09. The first kappa shape index (κ1) is 15.4. The quantitative estimate of drug-likeness (QED) is 0.756. The molecule has 2 heterocycles. The molecule has 0 atom stereocenters. The van der Waals surface area contributed by atoms with Crippen molar-refractivity contribution in [3.63, 3.8) is 0 Å². The van der Waals surface area contributed by atoms with Gasteiger partial charge in [0, 0.05) is 44.8 Å². The van der Waals surface area contributed by atoms with E-state index in [4.69, 9.17) is 4.74 Å². The molecule has 0 aliphatic carbocycles. The molecule has 2 rings (SSSR count). The van der Waals surface area contributed by atoms with Crippen molar-refractivity contribution in [2.45, 2.75) is 33.2 Å². The molecule has 0 aliphatic rings. The second kappa shape index (κ2) is 7.73. The van der Waals surface area contributed by atoms with Crippen LogP contribution in [0.5, 0.6) is 0 Å². The van der Waals surface area contributed by atoms with Gasteiger partial charge in [-0.05, 0) is 25.8 Å². The molecule has 6 heteroatoms. The van der Waals surface area contributed by atoms with E-state index in [-0.39, 0.29) is 0 Å². The minimum Gasteiger partial charge on any atom is -0.385 e. The van der Waals surface area contributed by atoms with Gasteiger partial charge in [-0.1, -0.05) is 6.92 Å². The Balaban J connectivity index is 2.09. The normalized spacial score (nSPS) is 10.8. The molecule has 6 nitrogen and oxygen atoms in total. The SMILES string of the molecule is CCCn1cc(-c2ccnc(NCCCOC)n2)c(C)n1. The van der Waals surface area contributed by atoms with E-state index < -0.39 is 0 Å². The number of ether oxygens (including phenoxy) is 1. The first-order valence-corrected chi connectivity index (χ1v) is 7.35. The van der Waals surface area contributed by atoms with Crippen LogP contribution in [0.25, 0.3) is 11.3 Å². The van der Waals surface area contributed by atoms with E-state index in [0.717, 1.165) is 49.5 Å². The zero-order valence-electron chi connectivity index (χ0n) is 13.0. The Kier molecular flexibility index (Phi) is 5.68. The van der Waals surface area contributed by atoms with E-state index in [1.165, 1.54) is 0 Å². The third-order valence-corrected chi connectivity index (χ3v) is 3.14. The van der Waals surface area contributed by atoms with Crippen molar-refractivity contribution in [1.82, 2.24) is 19.7 Å². The number of methoxy groups -OCH3 is 1. The number of nitrogens with one attached hydrogen (secondary N) is 1. The highest BCUT2D eigenvalue weighted by Crippen LogP contribution is 2.21. The maximum Gasteiger partial charge on any atom is 0.223 e. The average molecular weight is 289 g/mol. The van der Waals surface area contributed by atoms with Gasteiger partial charge in [-0.15, -0.1) is 0 Å². The molecular weight excluding hydrogens is 266 g/mol. The van der Waals surface area contributed by atoms with Gasteiger partial charge < -0.3 is 10.1 Å².